The van der Waals surface area contributed by atoms with Gasteiger partial charge >= 0.3 is 177 Å². The zero-order chi connectivity index (χ0) is 16.5. The first-order valence-corrected chi connectivity index (χ1v) is 26.2. The van der Waals surface area contributed by atoms with Gasteiger partial charge in [0, 0.05) is 0 Å². The predicted octanol–water partition coefficient (Wildman–Crippen LogP) is 0.260. The van der Waals surface area contributed by atoms with Crippen LogP contribution in [0.2, 0.25) is -4.55 Å². The quantitative estimate of drug-likeness (QED) is 0.320. The topological polar surface area (TPSA) is 105 Å². The summed E-state index contributed by atoms with van der Waals surface area (Å²) in [6.07, 6.45) is 0. The SMILES string of the molecule is CC(=O)[O][Hg][C]([Hg][O]C(C)=O)([Hg][O]C(C)=O)[Hg][O]C(C)=O. The summed E-state index contributed by atoms with van der Waals surface area (Å²) in [5.41, 5.74) is 0. The number of carbonyl (C=O) groups excluding carboxylic acids is 4. The number of rotatable bonds is 8. The molecule has 0 aliphatic heterocycles. The number of hydrogen-bond acceptors (Lipinski definition) is 8. The van der Waals surface area contributed by atoms with E-state index in [4.69, 9.17) is 10.6 Å². The summed E-state index contributed by atoms with van der Waals surface area (Å²) in [6.45, 7) is 5.33. The first-order chi connectivity index (χ1) is 9.67. The van der Waals surface area contributed by atoms with Crippen molar-refractivity contribution in [3.8, 4) is 0 Å². The van der Waals surface area contributed by atoms with Gasteiger partial charge in [0.2, 0.25) is 0 Å². The average molecular weight is 1050 g/mol. The van der Waals surface area contributed by atoms with Crippen molar-refractivity contribution >= 4 is 23.9 Å². The molecule has 0 rings (SSSR count). The second-order valence-electron chi connectivity index (χ2n) is 4.62. The van der Waals surface area contributed by atoms with Gasteiger partial charge in [-0.05, 0) is 0 Å². The van der Waals surface area contributed by atoms with E-state index in [-0.39, 0.29) is 19.3 Å². The maximum absolute atomic E-state index is 11.1. The van der Waals surface area contributed by atoms with Crippen molar-refractivity contribution in [2.24, 2.45) is 0 Å². The molecule has 0 heterocycles. The van der Waals surface area contributed by atoms with Crippen molar-refractivity contribution in [1.82, 2.24) is 0 Å². The van der Waals surface area contributed by atoms with Crippen LogP contribution >= 0.6 is 0 Å². The first kappa shape index (κ1) is 22.6. The predicted molar refractivity (Wildman–Crippen MR) is 49.8 cm³/mol. The molecule has 0 spiro atoms. The molecule has 0 aliphatic carbocycles. The Labute approximate surface area is 174 Å². The van der Waals surface area contributed by atoms with E-state index in [2.05, 4.69) is 0 Å². The van der Waals surface area contributed by atoms with Crippen molar-refractivity contribution in [3.63, 3.8) is 0 Å². The van der Waals surface area contributed by atoms with Gasteiger partial charge in [0.05, 0.1) is 0 Å². The summed E-state index contributed by atoms with van der Waals surface area (Å²) in [4.78, 5) is 44.4. The zero-order valence-electron chi connectivity index (χ0n) is 12.6. The van der Waals surface area contributed by atoms with E-state index in [1.807, 2.05) is 0 Å². The van der Waals surface area contributed by atoms with Crippen LogP contribution in [0.5, 0.6) is 0 Å². The molecule has 12 heteroatoms. The number of carbonyl (C=O) groups is 4. The van der Waals surface area contributed by atoms with Gasteiger partial charge in [-0.25, -0.2) is 0 Å². The molecule has 0 N–H and O–H groups in total. The van der Waals surface area contributed by atoms with Crippen molar-refractivity contribution in [2.45, 2.75) is 23.1 Å². The van der Waals surface area contributed by atoms with Crippen LogP contribution in [0.3, 0.4) is 0 Å². The minimum absolute atomic E-state index is 0.255. The van der Waals surface area contributed by atoms with Crippen LogP contribution in [-0.2, 0) is 130 Å². The summed E-state index contributed by atoms with van der Waals surface area (Å²) < 4.78 is 20.9. The summed E-state index contributed by atoms with van der Waals surface area (Å²) in [5.74, 6) is -1.43. The van der Waals surface area contributed by atoms with Crippen molar-refractivity contribution < 1.29 is 130 Å². The summed E-state index contributed by atoms with van der Waals surface area (Å²) in [6, 6.07) is 0. The maximum atomic E-state index is 11.1. The van der Waals surface area contributed by atoms with Crippen LogP contribution in [0.4, 0.5) is 0 Å². The van der Waals surface area contributed by atoms with Crippen molar-refractivity contribution in [3.05, 3.63) is 0 Å². The van der Waals surface area contributed by atoms with Gasteiger partial charge in [-0.15, -0.1) is 0 Å². The van der Waals surface area contributed by atoms with Crippen LogP contribution in [-0.4, -0.2) is 23.9 Å². The molecule has 0 saturated heterocycles. The summed E-state index contributed by atoms with van der Waals surface area (Å²) in [7, 11) is 0. The normalized spacial score (nSPS) is 8.95. The van der Waals surface area contributed by atoms with E-state index in [0.29, 0.717) is 0 Å². The molecular weight excluding hydrogens is 1040 g/mol. The molecule has 8 nitrogen and oxygen atoms in total. The Morgan fingerprint density at radius 2 is 0.762 bits per heavy atom. The van der Waals surface area contributed by atoms with Crippen LogP contribution in [0, 0.1) is 0 Å². The number of hydrogen-bond donors (Lipinski definition) is 0. The Balaban J connectivity index is 5.02. The Morgan fingerprint density at radius 3 is 0.905 bits per heavy atom. The van der Waals surface area contributed by atoms with Crippen LogP contribution < -0.4 is 0 Å². The third-order valence-electron chi connectivity index (χ3n) is 2.33. The molecule has 104 valence electrons. The van der Waals surface area contributed by atoms with E-state index in [1.165, 1.54) is 27.7 Å². The van der Waals surface area contributed by atoms with Gasteiger partial charge in [0.15, 0.2) is 0 Å². The third-order valence-corrected chi connectivity index (χ3v) is 104. The molecule has 0 aliphatic rings. The molecule has 0 bridgehead atoms. The van der Waals surface area contributed by atoms with Crippen LogP contribution in [0.25, 0.3) is 0 Å². The van der Waals surface area contributed by atoms with Crippen LogP contribution in [0.1, 0.15) is 27.7 Å². The fourth-order valence-electron chi connectivity index (χ4n) is 1.27. The van der Waals surface area contributed by atoms with Crippen LogP contribution in [0.15, 0.2) is 0 Å². The monoisotopic (exact) mass is 1060 g/mol. The second kappa shape index (κ2) is 12.1. The molecule has 0 amide bonds. The average Bonchev–Trinajstić information content (AvgIpc) is 2.36. The Bertz CT molecular complexity index is 335. The van der Waals surface area contributed by atoms with E-state index in [9.17, 15) is 19.2 Å². The van der Waals surface area contributed by atoms with Crippen molar-refractivity contribution in [2.75, 3.05) is 0 Å². The third kappa shape index (κ3) is 12.7. The molecule has 0 atom stereocenters. The summed E-state index contributed by atoms with van der Waals surface area (Å²) >= 11 is -8.76. The van der Waals surface area contributed by atoms with E-state index >= 15 is 0 Å². The van der Waals surface area contributed by atoms with Crippen molar-refractivity contribution in [1.29, 1.82) is 0 Å². The fraction of sp³-hybridized carbons (Fsp3) is 0.556. The van der Waals surface area contributed by atoms with Gasteiger partial charge in [-0.1, -0.05) is 0 Å². The molecular formula is C9H12Hg4O8. The zero-order valence-corrected chi connectivity index (χ0v) is 34.6. The Kier molecular flexibility index (Phi) is 13.0. The standard InChI is InChI=1S/4C2H4O2.C.4Hg/c4*1-2(3)4;;;;;/h4*1H3,(H,3,4);;;;;/q;;;;;4*+1/p-4. The second-order valence-corrected chi connectivity index (χ2v) is 128. The molecule has 0 saturated carbocycles. The first-order valence-electron chi connectivity index (χ1n) is 6.20. The molecule has 0 aromatic carbocycles. The van der Waals surface area contributed by atoms with Gasteiger partial charge < -0.3 is 0 Å². The van der Waals surface area contributed by atoms with E-state index in [0.717, 1.165) is 0 Å². The molecule has 0 unspecified atom stereocenters. The molecule has 0 fully saturated rings. The van der Waals surface area contributed by atoms with Gasteiger partial charge in [0.25, 0.3) is 0 Å². The fourth-order valence-corrected chi connectivity index (χ4v) is 70.0. The molecule has 0 radical (unpaired) electrons. The molecule has 0 aromatic rings. The Hall–Kier alpha value is 1.62. The Morgan fingerprint density at radius 1 is 0.571 bits per heavy atom. The van der Waals surface area contributed by atoms with Gasteiger partial charge in [-0.3, -0.25) is 0 Å². The van der Waals surface area contributed by atoms with E-state index in [1.54, 1.807) is 0 Å². The van der Waals surface area contributed by atoms with Gasteiger partial charge in [-0.2, -0.15) is 0 Å². The van der Waals surface area contributed by atoms with E-state index < -0.39 is 100 Å². The minimum atomic E-state index is -2.19. The summed E-state index contributed by atoms with van der Waals surface area (Å²) in [5, 5.41) is 0. The molecule has 0 aromatic heterocycles. The van der Waals surface area contributed by atoms with Gasteiger partial charge in [0.1, 0.15) is 0 Å². The molecule has 21 heavy (non-hydrogen) atoms.